The molecule has 0 aliphatic carbocycles. The lowest BCUT2D eigenvalue weighted by atomic mass is 9.82. The Bertz CT molecular complexity index is 459. The summed E-state index contributed by atoms with van der Waals surface area (Å²) in [6.07, 6.45) is 2.91. The van der Waals surface area contributed by atoms with Crippen LogP contribution in [0.1, 0.15) is 36.5 Å². The second kappa shape index (κ2) is 4.09. The zero-order valence-corrected chi connectivity index (χ0v) is 10.7. The van der Waals surface area contributed by atoms with Gasteiger partial charge in [0.1, 0.15) is 0 Å². The number of hydrogen-bond acceptors (Lipinski definition) is 2. The fraction of sp³-hybridized carbons (Fsp3) is 0.533. The van der Waals surface area contributed by atoms with Gasteiger partial charge in [-0.1, -0.05) is 25.1 Å². The van der Waals surface area contributed by atoms with E-state index in [4.69, 9.17) is 0 Å². The molecule has 1 aromatic carbocycles. The number of nitrogens with zero attached hydrogens (tertiary/aromatic N) is 1. The van der Waals surface area contributed by atoms with Crippen LogP contribution in [-0.4, -0.2) is 34.1 Å². The normalized spacial score (nSPS) is 34.0. The maximum absolute atomic E-state index is 12.6. The Morgan fingerprint density at radius 3 is 2.78 bits per heavy atom. The molecule has 3 heteroatoms. The van der Waals surface area contributed by atoms with Gasteiger partial charge in [-0.05, 0) is 37.3 Å². The summed E-state index contributed by atoms with van der Waals surface area (Å²) in [4.78, 5) is 14.6. The average Bonchev–Trinajstić information content (AvgIpc) is 2.91. The molecule has 2 bridgehead atoms. The van der Waals surface area contributed by atoms with Crippen LogP contribution in [0.3, 0.4) is 0 Å². The molecule has 2 fully saturated rings. The van der Waals surface area contributed by atoms with E-state index in [1.165, 1.54) is 0 Å². The highest BCUT2D eigenvalue weighted by molar-refractivity contribution is 5.95. The van der Waals surface area contributed by atoms with Crippen LogP contribution in [0.5, 0.6) is 0 Å². The number of aliphatic hydroxyl groups is 1. The zero-order valence-electron chi connectivity index (χ0n) is 10.7. The number of carbonyl (C=O) groups excluding carboxylic acids is 1. The number of fused-ring (bicyclic) bond motifs is 2. The lowest BCUT2D eigenvalue weighted by Crippen LogP contribution is -2.47. The fourth-order valence-corrected chi connectivity index (χ4v) is 3.80. The van der Waals surface area contributed by atoms with Crippen molar-refractivity contribution < 1.29 is 9.90 Å². The molecule has 3 unspecified atom stereocenters. The monoisotopic (exact) mass is 245 g/mol. The number of rotatable bonds is 2. The minimum absolute atomic E-state index is 0.0801. The maximum Gasteiger partial charge on any atom is 0.254 e. The molecule has 96 valence electrons. The van der Waals surface area contributed by atoms with E-state index in [-0.39, 0.29) is 18.1 Å². The lowest BCUT2D eigenvalue weighted by molar-refractivity contribution is 0.0468. The third-order valence-corrected chi connectivity index (χ3v) is 4.64. The molecule has 2 heterocycles. The van der Waals surface area contributed by atoms with Crippen LogP contribution in [0.25, 0.3) is 0 Å². The Kier molecular flexibility index (Phi) is 2.67. The van der Waals surface area contributed by atoms with Crippen molar-refractivity contribution in [2.24, 2.45) is 5.92 Å². The third-order valence-electron chi connectivity index (χ3n) is 4.64. The number of carbonyl (C=O) groups is 1. The highest BCUT2D eigenvalue weighted by Gasteiger charge is 2.56. The van der Waals surface area contributed by atoms with E-state index in [0.29, 0.717) is 12.0 Å². The van der Waals surface area contributed by atoms with Crippen LogP contribution in [0.4, 0.5) is 0 Å². The van der Waals surface area contributed by atoms with E-state index < -0.39 is 0 Å². The predicted molar refractivity (Wildman–Crippen MR) is 69.2 cm³/mol. The summed E-state index contributed by atoms with van der Waals surface area (Å²) in [7, 11) is 0. The first-order valence-corrected chi connectivity index (χ1v) is 6.67. The van der Waals surface area contributed by atoms with Gasteiger partial charge >= 0.3 is 0 Å². The molecule has 2 saturated heterocycles. The van der Waals surface area contributed by atoms with Crippen molar-refractivity contribution in [2.45, 2.75) is 37.8 Å². The molecule has 3 nitrogen and oxygen atoms in total. The smallest absolute Gasteiger partial charge is 0.254 e. The summed E-state index contributed by atoms with van der Waals surface area (Å²) >= 11 is 0. The summed E-state index contributed by atoms with van der Waals surface area (Å²) in [5, 5.41) is 9.73. The first kappa shape index (κ1) is 11.7. The van der Waals surface area contributed by atoms with Crippen molar-refractivity contribution in [3.63, 3.8) is 0 Å². The lowest BCUT2D eigenvalue weighted by Gasteiger charge is -2.33. The Balaban J connectivity index is 1.95. The minimum atomic E-state index is -0.295. The van der Waals surface area contributed by atoms with Crippen molar-refractivity contribution >= 4 is 5.91 Å². The van der Waals surface area contributed by atoms with Crippen molar-refractivity contribution in [3.05, 3.63) is 35.9 Å². The summed E-state index contributed by atoms with van der Waals surface area (Å²) < 4.78 is 0. The molecular formula is C15H19NO2. The number of aliphatic hydroxyl groups excluding tert-OH is 1. The SMILES string of the molecule is CC1CC2(CO)CCC1N2C(=O)c1ccccc1. The minimum Gasteiger partial charge on any atom is -0.394 e. The predicted octanol–water partition coefficient (Wildman–Crippen LogP) is 2.06. The molecule has 1 amide bonds. The molecule has 18 heavy (non-hydrogen) atoms. The second-order valence-corrected chi connectivity index (χ2v) is 5.71. The van der Waals surface area contributed by atoms with Gasteiger partial charge in [-0.2, -0.15) is 0 Å². The molecule has 2 aliphatic heterocycles. The topological polar surface area (TPSA) is 40.5 Å². The Morgan fingerprint density at radius 2 is 2.17 bits per heavy atom. The van der Waals surface area contributed by atoms with Gasteiger partial charge in [0.25, 0.3) is 5.91 Å². The van der Waals surface area contributed by atoms with Crippen LogP contribution in [-0.2, 0) is 0 Å². The Morgan fingerprint density at radius 1 is 1.44 bits per heavy atom. The quantitative estimate of drug-likeness (QED) is 0.866. The van der Waals surface area contributed by atoms with Crippen molar-refractivity contribution in [2.75, 3.05) is 6.61 Å². The molecule has 0 saturated carbocycles. The van der Waals surface area contributed by atoms with Crippen LogP contribution in [0.2, 0.25) is 0 Å². The summed E-state index contributed by atoms with van der Waals surface area (Å²) in [6, 6.07) is 9.72. The molecule has 0 radical (unpaired) electrons. The maximum atomic E-state index is 12.6. The van der Waals surface area contributed by atoms with E-state index >= 15 is 0 Å². The van der Waals surface area contributed by atoms with E-state index in [1.54, 1.807) is 0 Å². The summed E-state index contributed by atoms with van der Waals surface area (Å²) in [6.45, 7) is 2.28. The first-order chi connectivity index (χ1) is 8.68. The van der Waals surface area contributed by atoms with E-state index in [0.717, 1.165) is 24.8 Å². The third kappa shape index (κ3) is 1.50. The highest BCUT2D eigenvalue weighted by atomic mass is 16.3. The van der Waals surface area contributed by atoms with Crippen molar-refractivity contribution in [3.8, 4) is 0 Å². The summed E-state index contributed by atoms with van der Waals surface area (Å²) in [5.74, 6) is 0.579. The van der Waals surface area contributed by atoms with Crippen molar-refractivity contribution in [1.82, 2.24) is 4.90 Å². The molecular weight excluding hydrogens is 226 g/mol. The van der Waals surface area contributed by atoms with Gasteiger partial charge in [-0.3, -0.25) is 4.79 Å². The Labute approximate surface area is 107 Å². The van der Waals surface area contributed by atoms with Gasteiger partial charge in [0.05, 0.1) is 12.1 Å². The second-order valence-electron chi connectivity index (χ2n) is 5.71. The van der Waals surface area contributed by atoms with Gasteiger partial charge in [0.2, 0.25) is 0 Å². The average molecular weight is 245 g/mol. The number of hydrogen-bond donors (Lipinski definition) is 1. The van der Waals surface area contributed by atoms with E-state index in [9.17, 15) is 9.90 Å². The zero-order chi connectivity index (χ0) is 12.8. The largest absolute Gasteiger partial charge is 0.394 e. The van der Waals surface area contributed by atoms with Gasteiger partial charge in [0, 0.05) is 11.6 Å². The van der Waals surface area contributed by atoms with Crippen LogP contribution in [0.15, 0.2) is 30.3 Å². The molecule has 0 spiro atoms. The fourth-order valence-electron chi connectivity index (χ4n) is 3.80. The molecule has 2 aliphatic rings. The standard InChI is InChI=1S/C15H19NO2/c1-11-9-15(10-17)8-7-13(11)16(15)14(18)12-5-3-2-4-6-12/h2-6,11,13,17H,7-10H2,1H3. The van der Waals surface area contributed by atoms with Gasteiger partial charge in [0.15, 0.2) is 0 Å². The highest BCUT2D eigenvalue weighted by Crippen LogP contribution is 2.49. The molecule has 3 atom stereocenters. The van der Waals surface area contributed by atoms with Gasteiger partial charge in [-0.25, -0.2) is 0 Å². The van der Waals surface area contributed by atoms with Crippen LogP contribution >= 0.6 is 0 Å². The Hall–Kier alpha value is -1.35. The van der Waals surface area contributed by atoms with Crippen molar-refractivity contribution in [1.29, 1.82) is 0 Å². The van der Waals surface area contributed by atoms with Gasteiger partial charge in [-0.15, -0.1) is 0 Å². The van der Waals surface area contributed by atoms with E-state index in [2.05, 4.69) is 6.92 Å². The molecule has 1 N–H and O–H groups in total. The first-order valence-electron chi connectivity index (χ1n) is 6.67. The number of amides is 1. The van der Waals surface area contributed by atoms with Crippen LogP contribution in [0, 0.1) is 5.92 Å². The molecule has 0 aromatic heterocycles. The number of benzene rings is 1. The molecule has 3 rings (SSSR count). The van der Waals surface area contributed by atoms with Crippen LogP contribution < -0.4 is 0 Å². The van der Waals surface area contributed by atoms with Gasteiger partial charge < -0.3 is 10.0 Å². The molecule has 1 aromatic rings. The summed E-state index contributed by atoms with van der Waals surface area (Å²) in [5.41, 5.74) is 0.438. The van der Waals surface area contributed by atoms with E-state index in [1.807, 2.05) is 35.2 Å².